The first-order chi connectivity index (χ1) is 7.83. The lowest BCUT2D eigenvalue weighted by atomic mass is 10.1. The molecule has 0 aliphatic carbocycles. The molecule has 0 aliphatic rings. The number of likely N-dealkylation sites (N-methyl/N-ethyl adjacent to an activating group) is 1. The average molecular weight is 214 g/mol. The van der Waals surface area contributed by atoms with Gasteiger partial charge in [0.25, 0.3) is 0 Å². The zero-order chi connectivity index (χ0) is 11.4. The predicted molar refractivity (Wildman–Crippen MR) is 64.6 cm³/mol. The molecule has 0 unspecified atom stereocenters. The molecule has 82 valence electrons. The summed E-state index contributed by atoms with van der Waals surface area (Å²) in [6, 6.07) is 9.53. The fourth-order valence-corrected chi connectivity index (χ4v) is 1.66. The van der Waals surface area contributed by atoms with Crippen molar-refractivity contribution in [1.29, 1.82) is 0 Å². The highest BCUT2D eigenvalue weighted by atomic mass is 16.1. The first-order valence-electron chi connectivity index (χ1n) is 5.40. The Balaban J connectivity index is 2.40. The van der Waals surface area contributed by atoms with Gasteiger partial charge in [-0.05, 0) is 18.7 Å². The number of carbonyl (C=O) groups excluding carboxylic acids is 1. The highest BCUT2D eigenvalue weighted by molar-refractivity contribution is 6.07. The number of aromatic nitrogens is 1. The molecule has 3 nitrogen and oxygen atoms in total. The van der Waals surface area contributed by atoms with E-state index in [1.807, 2.05) is 37.3 Å². The molecule has 0 bridgehead atoms. The van der Waals surface area contributed by atoms with Crippen LogP contribution < -0.4 is 5.32 Å². The fraction of sp³-hybridized carbons (Fsp3) is 0.231. The van der Waals surface area contributed by atoms with Gasteiger partial charge >= 0.3 is 0 Å². The molecule has 1 aromatic carbocycles. The molecule has 0 aliphatic heterocycles. The summed E-state index contributed by atoms with van der Waals surface area (Å²) in [5.41, 5.74) is 1.48. The van der Waals surface area contributed by atoms with Crippen molar-refractivity contribution in [2.45, 2.75) is 6.92 Å². The molecular formula is C13H14N2O. The summed E-state index contributed by atoms with van der Waals surface area (Å²) in [5, 5.41) is 4.04. The molecule has 2 aromatic rings. The molecule has 1 aromatic heterocycles. The predicted octanol–water partition coefficient (Wildman–Crippen LogP) is 2.03. The summed E-state index contributed by atoms with van der Waals surface area (Å²) in [6.07, 6.45) is 1.71. The van der Waals surface area contributed by atoms with Gasteiger partial charge in [-0.15, -0.1) is 0 Å². The van der Waals surface area contributed by atoms with Crippen molar-refractivity contribution in [3.63, 3.8) is 0 Å². The molecule has 3 heteroatoms. The number of carbonyl (C=O) groups is 1. The Morgan fingerprint density at radius 2 is 2.12 bits per heavy atom. The van der Waals surface area contributed by atoms with Crippen LogP contribution >= 0.6 is 0 Å². The lowest BCUT2D eigenvalue weighted by Crippen LogP contribution is -2.22. The Kier molecular flexibility index (Phi) is 3.27. The Morgan fingerprint density at radius 1 is 1.31 bits per heavy atom. The number of nitrogens with zero attached hydrogens (tertiary/aromatic N) is 1. The minimum absolute atomic E-state index is 0.0890. The van der Waals surface area contributed by atoms with Gasteiger partial charge in [0.1, 0.15) is 0 Å². The fourth-order valence-electron chi connectivity index (χ4n) is 1.66. The van der Waals surface area contributed by atoms with Gasteiger partial charge in [0, 0.05) is 17.1 Å². The van der Waals surface area contributed by atoms with Crippen LogP contribution in [-0.2, 0) is 0 Å². The van der Waals surface area contributed by atoms with Crippen molar-refractivity contribution >= 4 is 16.7 Å². The van der Waals surface area contributed by atoms with Crippen LogP contribution in [0.25, 0.3) is 10.9 Å². The third-order valence-electron chi connectivity index (χ3n) is 2.47. The van der Waals surface area contributed by atoms with Crippen molar-refractivity contribution in [3.05, 3.63) is 42.1 Å². The lowest BCUT2D eigenvalue weighted by Gasteiger charge is -2.04. The van der Waals surface area contributed by atoms with Crippen LogP contribution in [0.4, 0.5) is 0 Å². The van der Waals surface area contributed by atoms with E-state index in [4.69, 9.17) is 0 Å². The minimum Gasteiger partial charge on any atom is -0.310 e. The van der Waals surface area contributed by atoms with Crippen LogP contribution in [-0.4, -0.2) is 23.9 Å². The normalized spacial score (nSPS) is 10.6. The largest absolute Gasteiger partial charge is 0.310 e. The van der Waals surface area contributed by atoms with Crippen molar-refractivity contribution in [3.8, 4) is 0 Å². The van der Waals surface area contributed by atoms with E-state index < -0.39 is 0 Å². The number of fused-ring (bicyclic) bond motifs is 1. The monoisotopic (exact) mass is 214 g/mol. The SMILES string of the molecule is CCNCC(=O)c1cccc2cccnc12. The van der Waals surface area contributed by atoms with Crippen molar-refractivity contribution in [1.82, 2.24) is 10.3 Å². The third-order valence-corrected chi connectivity index (χ3v) is 2.47. The van der Waals surface area contributed by atoms with Gasteiger partial charge < -0.3 is 5.32 Å². The molecule has 0 saturated heterocycles. The van der Waals surface area contributed by atoms with Gasteiger partial charge in [-0.3, -0.25) is 9.78 Å². The number of hydrogen-bond donors (Lipinski definition) is 1. The van der Waals surface area contributed by atoms with E-state index in [1.54, 1.807) is 6.20 Å². The Bertz CT molecular complexity index is 503. The summed E-state index contributed by atoms with van der Waals surface area (Å²) < 4.78 is 0. The molecule has 0 fully saturated rings. The number of ketones is 1. The molecule has 0 amide bonds. The van der Waals surface area contributed by atoms with Crippen molar-refractivity contribution < 1.29 is 4.79 Å². The van der Waals surface area contributed by atoms with Crippen LogP contribution in [0.5, 0.6) is 0 Å². The van der Waals surface area contributed by atoms with E-state index >= 15 is 0 Å². The minimum atomic E-state index is 0.0890. The van der Waals surface area contributed by atoms with Crippen LogP contribution in [0.1, 0.15) is 17.3 Å². The lowest BCUT2D eigenvalue weighted by molar-refractivity contribution is 0.0993. The molecule has 0 spiro atoms. The van der Waals surface area contributed by atoms with E-state index in [2.05, 4.69) is 10.3 Å². The van der Waals surface area contributed by atoms with Gasteiger partial charge in [0.15, 0.2) is 5.78 Å². The maximum Gasteiger partial charge on any atom is 0.178 e. The number of rotatable bonds is 4. The van der Waals surface area contributed by atoms with Gasteiger partial charge in [0.2, 0.25) is 0 Å². The summed E-state index contributed by atoms with van der Waals surface area (Å²) >= 11 is 0. The summed E-state index contributed by atoms with van der Waals surface area (Å²) in [4.78, 5) is 16.2. The van der Waals surface area contributed by atoms with Gasteiger partial charge in [-0.2, -0.15) is 0 Å². The summed E-state index contributed by atoms with van der Waals surface area (Å²) in [7, 11) is 0. The van der Waals surface area contributed by atoms with E-state index in [0.29, 0.717) is 12.1 Å². The molecule has 1 N–H and O–H groups in total. The van der Waals surface area contributed by atoms with Gasteiger partial charge in [-0.1, -0.05) is 25.1 Å². The maximum atomic E-state index is 11.9. The smallest absolute Gasteiger partial charge is 0.178 e. The van der Waals surface area contributed by atoms with E-state index in [1.165, 1.54) is 0 Å². The second kappa shape index (κ2) is 4.86. The zero-order valence-electron chi connectivity index (χ0n) is 9.23. The van der Waals surface area contributed by atoms with E-state index in [0.717, 1.165) is 17.4 Å². The van der Waals surface area contributed by atoms with Crippen LogP contribution in [0.2, 0.25) is 0 Å². The number of pyridine rings is 1. The first-order valence-corrected chi connectivity index (χ1v) is 5.40. The highest BCUT2D eigenvalue weighted by Crippen LogP contribution is 2.15. The van der Waals surface area contributed by atoms with Crippen LogP contribution in [0.3, 0.4) is 0 Å². The summed E-state index contributed by atoms with van der Waals surface area (Å²) in [5.74, 6) is 0.0890. The Morgan fingerprint density at radius 3 is 2.94 bits per heavy atom. The summed E-state index contributed by atoms with van der Waals surface area (Å²) in [6.45, 7) is 3.14. The van der Waals surface area contributed by atoms with Crippen molar-refractivity contribution in [2.75, 3.05) is 13.1 Å². The maximum absolute atomic E-state index is 11.9. The second-order valence-corrected chi connectivity index (χ2v) is 3.58. The van der Waals surface area contributed by atoms with E-state index in [9.17, 15) is 4.79 Å². The number of nitrogens with one attached hydrogen (secondary N) is 1. The first kappa shape index (κ1) is 10.8. The van der Waals surface area contributed by atoms with Crippen LogP contribution in [0, 0.1) is 0 Å². The molecule has 0 saturated carbocycles. The number of hydrogen-bond acceptors (Lipinski definition) is 3. The molecule has 0 radical (unpaired) electrons. The topological polar surface area (TPSA) is 42.0 Å². The molecule has 16 heavy (non-hydrogen) atoms. The van der Waals surface area contributed by atoms with Gasteiger partial charge in [-0.25, -0.2) is 0 Å². The van der Waals surface area contributed by atoms with Crippen LogP contribution in [0.15, 0.2) is 36.5 Å². The quantitative estimate of drug-likeness (QED) is 0.792. The molecule has 1 heterocycles. The second-order valence-electron chi connectivity index (χ2n) is 3.58. The number of Topliss-reactive ketones (excluding diaryl/α,β-unsaturated/α-hetero) is 1. The Labute approximate surface area is 94.5 Å². The third kappa shape index (κ3) is 2.09. The molecular weight excluding hydrogens is 200 g/mol. The standard InChI is InChI=1S/C13H14N2O/c1-2-14-9-12(16)11-7-3-5-10-6-4-8-15-13(10)11/h3-8,14H,2,9H2,1H3. The van der Waals surface area contributed by atoms with Crippen molar-refractivity contribution in [2.24, 2.45) is 0 Å². The molecule has 0 atom stereocenters. The molecule has 2 rings (SSSR count). The number of benzene rings is 1. The average Bonchev–Trinajstić information content (AvgIpc) is 2.35. The highest BCUT2D eigenvalue weighted by Gasteiger charge is 2.09. The van der Waals surface area contributed by atoms with Gasteiger partial charge in [0.05, 0.1) is 12.1 Å². The zero-order valence-corrected chi connectivity index (χ0v) is 9.23. The Hall–Kier alpha value is -1.74. The number of para-hydroxylation sites is 1. The van der Waals surface area contributed by atoms with E-state index in [-0.39, 0.29) is 5.78 Å².